The Morgan fingerprint density at radius 2 is 2.18 bits per heavy atom. The second-order valence-corrected chi connectivity index (χ2v) is 5.75. The van der Waals surface area contributed by atoms with Crippen LogP contribution in [-0.4, -0.2) is 12.6 Å². The Balaban J connectivity index is 2.05. The Hall–Kier alpha value is -0.410. The molecule has 1 atom stereocenters. The topological polar surface area (TPSA) is 12.0 Å². The Bertz CT molecular complexity index is 356. The van der Waals surface area contributed by atoms with Crippen LogP contribution in [0.1, 0.15) is 31.7 Å². The molecule has 3 heteroatoms. The Morgan fingerprint density at radius 3 is 2.71 bits per heavy atom. The van der Waals surface area contributed by atoms with Crippen molar-refractivity contribution < 1.29 is 4.39 Å². The van der Waals surface area contributed by atoms with Crippen molar-refractivity contribution in [2.24, 2.45) is 5.92 Å². The van der Waals surface area contributed by atoms with E-state index in [-0.39, 0.29) is 5.82 Å². The minimum atomic E-state index is -0.154. The van der Waals surface area contributed by atoms with Crippen molar-refractivity contribution in [1.82, 2.24) is 5.32 Å². The van der Waals surface area contributed by atoms with Gasteiger partial charge >= 0.3 is 0 Å². The molecule has 1 unspecified atom stereocenters. The van der Waals surface area contributed by atoms with Crippen molar-refractivity contribution in [2.45, 2.75) is 38.6 Å². The predicted molar refractivity (Wildman–Crippen MR) is 72.6 cm³/mol. The van der Waals surface area contributed by atoms with Crippen LogP contribution in [0.25, 0.3) is 0 Å². The fourth-order valence-electron chi connectivity index (χ4n) is 2.49. The third-order valence-electron chi connectivity index (χ3n) is 3.56. The van der Waals surface area contributed by atoms with Gasteiger partial charge in [-0.3, -0.25) is 0 Å². The van der Waals surface area contributed by atoms with E-state index in [9.17, 15) is 4.39 Å². The minimum absolute atomic E-state index is 0.154. The molecule has 1 fully saturated rings. The standard InChI is InChI=1S/C14H19BrFN/c1-2-17-14(11-4-3-5-11)8-10-6-12(15)9-13(16)7-10/h6-7,9,11,14,17H,2-5,8H2,1H3. The summed E-state index contributed by atoms with van der Waals surface area (Å²) in [7, 11) is 0. The first-order valence-electron chi connectivity index (χ1n) is 6.37. The van der Waals surface area contributed by atoms with E-state index in [0.717, 1.165) is 28.9 Å². The average molecular weight is 300 g/mol. The largest absolute Gasteiger partial charge is 0.314 e. The first-order valence-corrected chi connectivity index (χ1v) is 7.16. The molecule has 17 heavy (non-hydrogen) atoms. The molecule has 0 radical (unpaired) electrons. The van der Waals surface area contributed by atoms with Gasteiger partial charge in [-0.05, 0) is 55.5 Å². The van der Waals surface area contributed by atoms with Crippen LogP contribution in [0, 0.1) is 11.7 Å². The van der Waals surface area contributed by atoms with E-state index in [4.69, 9.17) is 0 Å². The predicted octanol–water partition coefficient (Wildman–Crippen LogP) is 3.91. The van der Waals surface area contributed by atoms with Crippen LogP contribution in [0.4, 0.5) is 4.39 Å². The molecule has 1 nitrogen and oxygen atoms in total. The zero-order valence-electron chi connectivity index (χ0n) is 10.2. The van der Waals surface area contributed by atoms with Gasteiger partial charge in [0.15, 0.2) is 0 Å². The first kappa shape index (κ1) is 13.0. The second-order valence-electron chi connectivity index (χ2n) is 4.84. The van der Waals surface area contributed by atoms with Crippen LogP contribution in [0.2, 0.25) is 0 Å². The van der Waals surface area contributed by atoms with Gasteiger partial charge in [-0.15, -0.1) is 0 Å². The van der Waals surface area contributed by atoms with E-state index in [1.807, 2.05) is 6.07 Å². The molecule has 1 aromatic rings. The lowest BCUT2D eigenvalue weighted by molar-refractivity contribution is 0.229. The molecule has 0 aromatic heterocycles. The van der Waals surface area contributed by atoms with Crippen LogP contribution >= 0.6 is 15.9 Å². The molecule has 1 aliphatic rings. The second kappa shape index (κ2) is 5.96. The van der Waals surface area contributed by atoms with Crippen molar-refractivity contribution in [3.63, 3.8) is 0 Å². The van der Waals surface area contributed by atoms with Crippen molar-refractivity contribution >= 4 is 15.9 Å². The first-order chi connectivity index (χ1) is 8.19. The number of hydrogen-bond donors (Lipinski definition) is 1. The van der Waals surface area contributed by atoms with Crippen molar-refractivity contribution in [2.75, 3.05) is 6.54 Å². The van der Waals surface area contributed by atoms with Crippen LogP contribution in [0.15, 0.2) is 22.7 Å². The molecule has 1 aliphatic carbocycles. The van der Waals surface area contributed by atoms with Crippen molar-refractivity contribution in [1.29, 1.82) is 0 Å². The quantitative estimate of drug-likeness (QED) is 0.869. The maximum atomic E-state index is 13.3. The van der Waals surface area contributed by atoms with Gasteiger partial charge in [-0.1, -0.05) is 29.3 Å². The lowest BCUT2D eigenvalue weighted by atomic mass is 9.77. The summed E-state index contributed by atoms with van der Waals surface area (Å²) in [4.78, 5) is 0. The number of rotatable bonds is 5. The molecule has 0 aliphatic heterocycles. The number of benzene rings is 1. The van der Waals surface area contributed by atoms with Gasteiger partial charge in [-0.25, -0.2) is 4.39 Å². The molecular formula is C14H19BrFN. The van der Waals surface area contributed by atoms with Gasteiger partial charge in [0, 0.05) is 10.5 Å². The van der Waals surface area contributed by atoms with E-state index in [2.05, 4.69) is 28.2 Å². The summed E-state index contributed by atoms with van der Waals surface area (Å²) in [5, 5.41) is 3.53. The number of halogens is 2. The van der Waals surface area contributed by atoms with Crippen LogP contribution in [0.5, 0.6) is 0 Å². The molecule has 0 heterocycles. The van der Waals surface area contributed by atoms with Crippen LogP contribution < -0.4 is 5.32 Å². The smallest absolute Gasteiger partial charge is 0.124 e. The third-order valence-corrected chi connectivity index (χ3v) is 4.02. The average Bonchev–Trinajstić information content (AvgIpc) is 2.13. The van der Waals surface area contributed by atoms with E-state index in [1.54, 1.807) is 6.07 Å². The minimum Gasteiger partial charge on any atom is -0.314 e. The van der Waals surface area contributed by atoms with Gasteiger partial charge < -0.3 is 5.32 Å². The molecule has 1 saturated carbocycles. The summed E-state index contributed by atoms with van der Waals surface area (Å²) < 4.78 is 14.1. The molecule has 0 spiro atoms. The maximum absolute atomic E-state index is 13.3. The highest BCUT2D eigenvalue weighted by Crippen LogP contribution is 2.31. The highest BCUT2D eigenvalue weighted by atomic mass is 79.9. The third kappa shape index (κ3) is 3.52. The summed E-state index contributed by atoms with van der Waals surface area (Å²) in [6.07, 6.45) is 4.90. The van der Waals surface area contributed by atoms with Crippen molar-refractivity contribution in [3.05, 3.63) is 34.1 Å². The van der Waals surface area contributed by atoms with Crippen LogP contribution in [0.3, 0.4) is 0 Å². The molecule has 1 aromatic carbocycles. The van der Waals surface area contributed by atoms with E-state index in [1.165, 1.54) is 25.3 Å². The molecule has 1 N–H and O–H groups in total. The highest BCUT2D eigenvalue weighted by molar-refractivity contribution is 9.10. The van der Waals surface area contributed by atoms with Gasteiger partial charge in [0.05, 0.1) is 0 Å². The molecule has 94 valence electrons. The zero-order valence-corrected chi connectivity index (χ0v) is 11.8. The highest BCUT2D eigenvalue weighted by Gasteiger charge is 2.26. The fraction of sp³-hybridized carbons (Fsp3) is 0.571. The molecule has 0 amide bonds. The number of likely N-dealkylation sites (N-methyl/N-ethyl adjacent to an activating group) is 1. The lowest BCUT2D eigenvalue weighted by Gasteiger charge is -2.34. The monoisotopic (exact) mass is 299 g/mol. The Kier molecular flexibility index (Phi) is 4.57. The zero-order chi connectivity index (χ0) is 12.3. The van der Waals surface area contributed by atoms with Gasteiger partial charge in [0.1, 0.15) is 5.82 Å². The normalized spacial score (nSPS) is 17.8. The Morgan fingerprint density at radius 1 is 1.41 bits per heavy atom. The summed E-state index contributed by atoms with van der Waals surface area (Å²) in [5.74, 6) is 0.621. The SMILES string of the molecule is CCNC(Cc1cc(F)cc(Br)c1)C1CCC1. The van der Waals surface area contributed by atoms with E-state index < -0.39 is 0 Å². The van der Waals surface area contributed by atoms with Crippen LogP contribution in [-0.2, 0) is 6.42 Å². The number of nitrogens with one attached hydrogen (secondary N) is 1. The molecule has 2 rings (SSSR count). The molecule has 0 bridgehead atoms. The molecular weight excluding hydrogens is 281 g/mol. The maximum Gasteiger partial charge on any atom is 0.124 e. The van der Waals surface area contributed by atoms with E-state index in [0.29, 0.717) is 6.04 Å². The van der Waals surface area contributed by atoms with Gasteiger partial charge in [0.2, 0.25) is 0 Å². The summed E-state index contributed by atoms with van der Waals surface area (Å²) >= 11 is 3.35. The fourth-order valence-corrected chi connectivity index (χ4v) is 3.01. The summed E-state index contributed by atoms with van der Waals surface area (Å²) in [5.41, 5.74) is 1.08. The van der Waals surface area contributed by atoms with Gasteiger partial charge in [0.25, 0.3) is 0 Å². The van der Waals surface area contributed by atoms with E-state index >= 15 is 0 Å². The van der Waals surface area contributed by atoms with Gasteiger partial charge in [-0.2, -0.15) is 0 Å². The summed E-state index contributed by atoms with van der Waals surface area (Å²) in [6.45, 7) is 3.12. The Labute approximate surface area is 111 Å². The molecule has 0 saturated heterocycles. The lowest BCUT2D eigenvalue weighted by Crippen LogP contribution is -2.41. The summed E-state index contributed by atoms with van der Waals surface area (Å²) in [6, 6.07) is 5.68. The number of hydrogen-bond acceptors (Lipinski definition) is 1. The van der Waals surface area contributed by atoms with Crippen molar-refractivity contribution in [3.8, 4) is 0 Å².